The number of nitrogen functional groups attached to an aromatic ring is 1. The van der Waals surface area contributed by atoms with Gasteiger partial charge in [-0.05, 0) is 41.8 Å². The molecule has 2 heterocycles. The Balaban J connectivity index is 1.71. The highest BCUT2D eigenvalue weighted by Gasteiger charge is 2.48. The molecule has 0 spiro atoms. The quantitative estimate of drug-likeness (QED) is 0.763. The summed E-state index contributed by atoms with van der Waals surface area (Å²) in [5, 5.41) is 2.59. The van der Waals surface area contributed by atoms with Crippen molar-refractivity contribution in [1.29, 1.82) is 0 Å². The van der Waals surface area contributed by atoms with Gasteiger partial charge >= 0.3 is 6.03 Å². The van der Waals surface area contributed by atoms with Crippen LogP contribution in [0.5, 0.6) is 0 Å². The van der Waals surface area contributed by atoms with Crippen LogP contribution in [0.1, 0.15) is 19.4 Å². The molecule has 2 aromatic carbocycles. The van der Waals surface area contributed by atoms with E-state index >= 15 is 0 Å². The molecule has 4 amide bonds. The Morgan fingerprint density at radius 3 is 2.48 bits per heavy atom. The second kappa shape index (κ2) is 6.73. The first-order valence-corrected chi connectivity index (χ1v) is 9.27. The molecule has 148 valence electrons. The number of hydrogen-bond donors (Lipinski definition) is 2. The van der Waals surface area contributed by atoms with Crippen LogP contribution < -0.4 is 11.1 Å². The molecular formula is C21H21N5O3. The molecule has 1 saturated heterocycles. The fourth-order valence-corrected chi connectivity index (χ4v) is 3.65. The predicted molar refractivity (Wildman–Crippen MR) is 109 cm³/mol. The highest BCUT2D eigenvalue weighted by molar-refractivity contribution is 6.13. The summed E-state index contributed by atoms with van der Waals surface area (Å²) in [6.07, 6.45) is 0. The van der Waals surface area contributed by atoms with Gasteiger partial charge in [0, 0.05) is 25.7 Å². The fraction of sp³-hybridized carbons (Fsp3) is 0.238. The van der Waals surface area contributed by atoms with Crippen LogP contribution in [0.2, 0.25) is 0 Å². The minimum atomic E-state index is -1.17. The molecule has 4 rings (SSSR count). The number of nitrogens with two attached hydrogens (primary N) is 1. The molecule has 2 aliphatic heterocycles. The van der Waals surface area contributed by atoms with Gasteiger partial charge in [-0.2, -0.15) is 0 Å². The largest absolute Gasteiger partial charge is 0.399 e. The van der Waals surface area contributed by atoms with Crippen molar-refractivity contribution < 1.29 is 14.4 Å². The summed E-state index contributed by atoms with van der Waals surface area (Å²) in [6, 6.07) is 14.5. The zero-order valence-electron chi connectivity index (χ0n) is 16.2. The zero-order chi connectivity index (χ0) is 20.8. The molecule has 29 heavy (non-hydrogen) atoms. The lowest BCUT2D eigenvalue weighted by Gasteiger charge is -2.23. The Morgan fingerprint density at radius 1 is 1.10 bits per heavy atom. The maximum Gasteiger partial charge on any atom is 0.330 e. The number of benzene rings is 2. The number of hydrogen-bond acceptors (Lipinski definition) is 5. The second-order valence-corrected chi connectivity index (χ2v) is 7.27. The van der Waals surface area contributed by atoms with Crippen LogP contribution >= 0.6 is 0 Å². The van der Waals surface area contributed by atoms with E-state index in [4.69, 9.17) is 5.73 Å². The zero-order valence-corrected chi connectivity index (χ0v) is 16.2. The number of imide groups is 1. The van der Waals surface area contributed by atoms with E-state index in [-0.39, 0.29) is 30.9 Å². The van der Waals surface area contributed by atoms with Gasteiger partial charge in [0.05, 0.1) is 0 Å². The number of aliphatic imine (C=N–C) groups is 1. The number of nitrogens with one attached hydrogen (secondary N) is 1. The minimum absolute atomic E-state index is 0.116. The van der Waals surface area contributed by atoms with Crippen molar-refractivity contribution >= 4 is 29.5 Å². The molecular weight excluding hydrogens is 370 g/mol. The van der Waals surface area contributed by atoms with Gasteiger partial charge in [0.15, 0.2) is 5.54 Å². The van der Waals surface area contributed by atoms with Crippen LogP contribution in [0.3, 0.4) is 0 Å². The molecule has 2 aliphatic rings. The normalized spacial score (nSPS) is 21.4. The van der Waals surface area contributed by atoms with Gasteiger partial charge in [0.1, 0.15) is 0 Å². The summed E-state index contributed by atoms with van der Waals surface area (Å²) in [6.45, 7) is 3.35. The Hall–Kier alpha value is -3.68. The molecule has 3 N–H and O–H groups in total. The number of fused-ring (bicyclic) bond motifs is 1. The number of rotatable bonds is 2. The highest BCUT2D eigenvalue weighted by Crippen LogP contribution is 2.35. The van der Waals surface area contributed by atoms with Crippen LogP contribution in [0, 0.1) is 0 Å². The average Bonchev–Trinajstić information content (AvgIpc) is 2.83. The van der Waals surface area contributed by atoms with Crippen LogP contribution in [-0.4, -0.2) is 46.7 Å². The number of carbonyl (C=O) groups is 3. The minimum Gasteiger partial charge on any atom is -0.399 e. The van der Waals surface area contributed by atoms with Crippen LogP contribution in [0.15, 0.2) is 53.5 Å². The summed E-state index contributed by atoms with van der Waals surface area (Å²) in [7, 11) is 0. The number of nitrogens with zero attached hydrogens (tertiary/aromatic N) is 3. The number of guanidine groups is 1. The van der Waals surface area contributed by atoms with Gasteiger partial charge < -0.3 is 5.73 Å². The number of anilines is 1. The van der Waals surface area contributed by atoms with E-state index in [0.29, 0.717) is 11.3 Å². The van der Waals surface area contributed by atoms with Crippen molar-refractivity contribution in [3.8, 4) is 11.1 Å². The van der Waals surface area contributed by atoms with E-state index in [1.165, 1.54) is 11.8 Å². The molecule has 0 bridgehead atoms. The van der Waals surface area contributed by atoms with E-state index in [1.54, 1.807) is 6.92 Å². The maximum atomic E-state index is 13.2. The third-order valence-electron chi connectivity index (χ3n) is 5.28. The van der Waals surface area contributed by atoms with Gasteiger partial charge in [-0.3, -0.25) is 24.7 Å². The van der Waals surface area contributed by atoms with Crippen molar-refractivity contribution in [2.75, 3.05) is 18.8 Å². The van der Waals surface area contributed by atoms with Crippen LogP contribution in [0.4, 0.5) is 10.5 Å². The van der Waals surface area contributed by atoms with Crippen molar-refractivity contribution in [1.82, 2.24) is 15.1 Å². The summed E-state index contributed by atoms with van der Waals surface area (Å²) in [5.41, 5.74) is 7.94. The van der Waals surface area contributed by atoms with E-state index < -0.39 is 11.6 Å². The molecule has 0 aromatic heterocycles. The molecule has 0 radical (unpaired) electrons. The molecule has 2 aromatic rings. The first kappa shape index (κ1) is 18.7. The lowest BCUT2D eigenvalue weighted by molar-refractivity contribution is -0.132. The molecule has 1 atom stereocenters. The lowest BCUT2D eigenvalue weighted by Crippen LogP contribution is -2.44. The monoisotopic (exact) mass is 391 g/mol. The number of amides is 4. The van der Waals surface area contributed by atoms with Crippen molar-refractivity contribution in [2.24, 2.45) is 4.99 Å². The molecule has 8 nitrogen and oxygen atoms in total. The Kier molecular flexibility index (Phi) is 4.34. The number of urea groups is 1. The van der Waals surface area contributed by atoms with Crippen LogP contribution in [-0.2, 0) is 15.1 Å². The summed E-state index contributed by atoms with van der Waals surface area (Å²) in [4.78, 5) is 44.2. The Labute approximate surface area is 168 Å². The molecule has 0 saturated carbocycles. The Morgan fingerprint density at radius 2 is 1.79 bits per heavy atom. The average molecular weight is 391 g/mol. The predicted octanol–water partition coefficient (Wildman–Crippen LogP) is 1.92. The van der Waals surface area contributed by atoms with E-state index in [0.717, 1.165) is 16.0 Å². The third kappa shape index (κ3) is 3.12. The SMILES string of the molecule is CC(=O)N1CCN2C(=O)C(C)(c3cccc(-c4cccc(N)c4)c3)N=C2NC1=O. The summed E-state index contributed by atoms with van der Waals surface area (Å²) in [5.74, 6) is -0.460. The number of carbonyl (C=O) groups excluding carboxylic acids is 3. The van der Waals surface area contributed by atoms with Gasteiger partial charge in [-0.1, -0.05) is 30.3 Å². The van der Waals surface area contributed by atoms with Crippen molar-refractivity contribution in [3.05, 3.63) is 54.1 Å². The lowest BCUT2D eigenvalue weighted by atomic mass is 9.89. The standard InChI is InChI=1S/C21H21N5O3/c1-13(27)25-9-10-26-18(28)21(2,24-19(26)23-20(25)29)16-7-3-5-14(11-16)15-6-4-8-17(22)12-15/h3-8,11-12H,9-10,22H2,1-2H3,(H,23,24,29). The van der Waals surface area contributed by atoms with E-state index in [2.05, 4.69) is 10.3 Å². The van der Waals surface area contributed by atoms with Crippen molar-refractivity contribution in [3.63, 3.8) is 0 Å². The van der Waals surface area contributed by atoms with E-state index in [9.17, 15) is 14.4 Å². The summed E-state index contributed by atoms with van der Waals surface area (Å²) >= 11 is 0. The molecule has 0 aliphatic carbocycles. The topological polar surface area (TPSA) is 108 Å². The maximum absolute atomic E-state index is 13.2. The summed E-state index contributed by atoms with van der Waals surface area (Å²) < 4.78 is 0. The molecule has 1 fully saturated rings. The Bertz CT molecular complexity index is 1060. The van der Waals surface area contributed by atoms with Gasteiger partial charge in [-0.25, -0.2) is 9.79 Å². The first-order chi connectivity index (χ1) is 13.8. The van der Waals surface area contributed by atoms with Crippen LogP contribution in [0.25, 0.3) is 11.1 Å². The smallest absolute Gasteiger partial charge is 0.330 e. The first-order valence-electron chi connectivity index (χ1n) is 9.27. The fourth-order valence-electron chi connectivity index (χ4n) is 3.65. The highest BCUT2D eigenvalue weighted by atomic mass is 16.2. The molecule has 1 unspecified atom stereocenters. The van der Waals surface area contributed by atoms with Gasteiger partial charge in [0.25, 0.3) is 5.91 Å². The van der Waals surface area contributed by atoms with E-state index in [1.807, 2.05) is 48.5 Å². The van der Waals surface area contributed by atoms with Gasteiger partial charge in [0.2, 0.25) is 11.9 Å². The third-order valence-corrected chi connectivity index (χ3v) is 5.28. The van der Waals surface area contributed by atoms with Gasteiger partial charge in [-0.15, -0.1) is 0 Å². The molecule has 8 heteroatoms. The second-order valence-electron chi connectivity index (χ2n) is 7.27. The van der Waals surface area contributed by atoms with Crippen molar-refractivity contribution in [2.45, 2.75) is 19.4 Å².